The summed E-state index contributed by atoms with van der Waals surface area (Å²) in [6.45, 7) is 5.22. The van der Waals surface area contributed by atoms with Gasteiger partial charge < -0.3 is 4.42 Å². The van der Waals surface area contributed by atoms with Crippen LogP contribution in [0.4, 0.5) is 0 Å². The van der Waals surface area contributed by atoms with Crippen molar-refractivity contribution in [3.8, 4) is 0 Å². The van der Waals surface area contributed by atoms with Crippen LogP contribution in [0.15, 0.2) is 27.8 Å². The van der Waals surface area contributed by atoms with Crippen LogP contribution in [-0.4, -0.2) is 18.0 Å². The van der Waals surface area contributed by atoms with Gasteiger partial charge in [-0.15, -0.1) is 0 Å². The van der Waals surface area contributed by atoms with Crippen LogP contribution in [-0.2, 0) is 4.79 Å². The number of ketones is 1. The van der Waals surface area contributed by atoms with Crippen molar-refractivity contribution in [2.75, 3.05) is 6.54 Å². The van der Waals surface area contributed by atoms with Gasteiger partial charge in [0.25, 0.3) is 0 Å². The first-order valence-corrected chi connectivity index (χ1v) is 6.72. The highest BCUT2D eigenvalue weighted by Gasteiger charge is 2.26. The molecule has 0 aromatic carbocycles. The molecule has 1 aliphatic carbocycles. The van der Waals surface area contributed by atoms with Gasteiger partial charge in [-0.2, -0.15) is 0 Å². The molecule has 1 fully saturated rings. The van der Waals surface area contributed by atoms with Crippen molar-refractivity contribution in [3.63, 3.8) is 0 Å². The van der Waals surface area contributed by atoms with Crippen LogP contribution in [0.1, 0.15) is 51.2 Å². The first kappa shape index (κ1) is 13.1. The second-order valence-electron chi connectivity index (χ2n) is 5.47. The summed E-state index contributed by atoms with van der Waals surface area (Å²) in [7, 11) is 0. The lowest BCUT2D eigenvalue weighted by Crippen LogP contribution is -2.21. The van der Waals surface area contributed by atoms with Crippen LogP contribution >= 0.6 is 0 Å². The van der Waals surface area contributed by atoms with Crippen LogP contribution in [0.25, 0.3) is 0 Å². The van der Waals surface area contributed by atoms with E-state index in [0.717, 1.165) is 30.9 Å². The standard InChI is InChI=1S/C15H21NO2/c1-11(2)5-6-16-13-8-12(9-14(17)10-13)15-4-3-7-18-15/h3-4,7,11-12H,5-6,8-10H2,1-2H3/t12-/m0/s1. The normalized spacial score (nSPS) is 22.9. The number of nitrogens with zero attached hydrogens (tertiary/aromatic N) is 1. The van der Waals surface area contributed by atoms with E-state index in [9.17, 15) is 4.79 Å². The fourth-order valence-electron chi connectivity index (χ4n) is 2.33. The highest BCUT2D eigenvalue weighted by atomic mass is 16.3. The molecular formula is C15H21NO2. The van der Waals surface area contributed by atoms with E-state index in [1.54, 1.807) is 6.26 Å². The topological polar surface area (TPSA) is 42.6 Å². The van der Waals surface area contributed by atoms with Gasteiger partial charge in [-0.25, -0.2) is 0 Å². The Bertz CT molecular complexity index is 418. The molecule has 0 spiro atoms. The van der Waals surface area contributed by atoms with Crippen molar-refractivity contribution in [2.24, 2.45) is 10.9 Å². The summed E-state index contributed by atoms with van der Waals surface area (Å²) in [5.74, 6) is 2.05. The molecular weight excluding hydrogens is 226 g/mol. The molecule has 3 heteroatoms. The Morgan fingerprint density at radius 3 is 2.94 bits per heavy atom. The maximum absolute atomic E-state index is 11.8. The van der Waals surface area contributed by atoms with Gasteiger partial charge in [0.1, 0.15) is 11.5 Å². The zero-order valence-corrected chi connectivity index (χ0v) is 11.2. The molecule has 1 aromatic heterocycles. The third kappa shape index (κ3) is 3.56. The van der Waals surface area contributed by atoms with E-state index in [1.807, 2.05) is 12.1 Å². The predicted octanol–water partition coefficient (Wildman–Crippen LogP) is 3.60. The van der Waals surface area contributed by atoms with Gasteiger partial charge in [-0.05, 0) is 30.9 Å². The molecule has 0 amide bonds. The molecule has 1 saturated carbocycles. The summed E-state index contributed by atoms with van der Waals surface area (Å²) in [6.07, 6.45) is 4.76. The average molecular weight is 247 g/mol. The summed E-state index contributed by atoms with van der Waals surface area (Å²) in [5, 5.41) is 0. The number of carbonyl (C=O) groups is 1. The van der Waals surface area contributed by atoms with E-state index >= 15 is 0 Å². The molecule has 3 nitrogen and oxygen atoms in total. The quantitative estimate of drug-likeness (QED) is 0.815. The van der Waals surface area contributed by atoms with Crippen LogP contribution in [0.3, 0.4) is 0 Å². The van der Waals surface area contributed by atoms with E-state index in [4.69, 9.17) is 4.42 Å². The van der Waals surface area contributed by atoms with E-state index in [-0.39, 0.29) is 11.7 Å². The van der Waals surface area contributed by atoms with Crippen molar-refractivity contribution in [3.05, 3.63) is 24.2 Å². The third-order valence-electron chi connectivity index (χ3n) is 3.34. The molecule has 1 atom stereocenters. The van der Waals surface area contributed by atoms with Gasteiger partial charge in [0.05, 0.1) is 6.26 Å². The number of Topliss-reactive ketones (excluding diaryl/α,β-unsaturated/α-hetero) is 1. The van der Waals surface area contributed by atoms with Gasteiger partial charge in [-0.1, -0.05) is 13.8 Å². The zero-order chi connectivity index (χ0) is 13.0. The lowest BCUT2D eigenvalue weighted by atomic mass is 9.85. The first-order chi connectivity index (χ1) is 8.65. The summed E-state index contributed by atoms with van der Waals surface area (Å²) < 4.78 is 5.41. The summed E-state index contributed by atoms with van der Waals surface area (Å²) in [5.41, 5.74) is 1.05. The minimum atomic E-state index is 0.194. The molecule has 1 aliphatic rings. The summed E-state index contributed by atoms with van der Waals surface area (Å²) >= 11 is 0. The number of carbonyl (C=O) groups excluding carboxylic acids is 1. The number of hydrogen-bond donors (Lipinski definition) is 0. The molecule has 0 N–H and O–H groups in total. The van der Waals surface area contributed by atoms with Crippen LogP contribution < -0.4 is 0 Å². The van der Waals surface area contributed by atoms with Crippen LogP contribution in [0.2, 0.25) is 0 Å². The minimum Gasteiger partial charge on any atom is -0.469 e. The largest absolute Gasteiger partial charge is 0.469 e. The van der Waals surface area contributed by atoms with Crippen molar-refractivity contribution in [1.29, 1.82) is 0 Å². The average Bonchev–Trinajstić information content (AvgIpc) is 2.81. The lowest BCUT2D eigenvalue weighted by molar-refractivity contribution is -0.118. The van der Waals surface area contributed by atoms with Gasteiger partial charge >= 0.3 is 0 Å². The number of hydrogen-bond acceptors (Lipinski definition) is 3. The molecule has 0 bridgehead atoms. The molecule has 18 heavy (non-hydrogen) atoms. The lowest BCUT2D eigenvalue weighted by Gasteiger charge is -2.20. The van der Waals surface area contributed by atoms with Gasteiger partial charge in [0.15, 0.2) is 0 Å². The Balaban J connectivity index is 1.98. The van der Waals surface area contributed by atoms with E-state index in [0.29, 0.717) is 18.8 Å². The van der Waals surface area contributed by atoms with E-state index in [1.165, 1.54) is 0 Å². The monoisotopic (exact) mass is 247 g/mol. The second-order valence-corrected chi connectivity index (χ2v) is 5.47. The Labute approximate surface area is 108 Å². The van der Waals surface area contributed by atoms with Gasteiger partial charge in [0.2, 0.25) is 0 Å². The van der Waals surface area contributed by atoms with Gasteiger partial charge in [-0.3, -0.25) is 9.79 Å². The van der Waals surface area contributed by atoms with E-state index in [2.05, 4.69) is 18.8 Å². The fourth-order valence-corrected chi connectivity index (χ4v) is 2.33. The predicted molar refractivity (Wildman–Crippen MR) is 72.1 cm³/mol. The number of aliphatic imine (C=N–C) groups is 1. The van der Waals surface area contributed by atoms with Crippen molar-refractivity contribution in [2.45, 2.75) is 45.4 Å². The van der Waals surface area contributed by atoms with Crippen LogP contribution in [0, 0.1) is 5.92 Å². The molecule has 0 radical (unpaired) electrons. The SMILES string of the molecule is CC(C)CCN=C1CC(=O)C[C@@H](c2ccco2)C1. The molecule has 0 unspecified atom stereocenters. The molecule has 1 aromatic rings. The molecule has 0 saturated heterocycles. The molecule has 98 valence electrons. The summed E-state index contributed by atoms with van der Waals surface area (Å²) in [6, 6.07) is 3.83. The Hall–Kier alpha value is -1.38. The molecule has 0 aliphatic heterocycles. The Kier molecular flexibility index (Phi) is 4.34. The number of rotatable bonds is 4. The Morgan fingerprint density at radius 1 is 1.44 bits per heavy atom. The van der Waals surface area contributed by atoms with Crippen molar-refractivity contribution in [1.82, 2.24) is 0 Å². The third-order valence-corrected chi connectivity index (χ3v) is 3.34. The maximum Gasteiger partial charge on any atom is 0.139 e. The molecule has 2 rings (SSSR count). The Morgan fingerprint density at radius 2 is 2.28 bits per heavy atom. The van der Waals surface area contributed by atoms with Crippen molar-refractivity contribution >= 4 is 11.5 Å². The van der Waals surface area contributed by atoms with Crippen LogP contribution in [0.5, 0.6) is 0 Å². The summed E-state index contributed by atoms with van der Waals surface area (Å²) in [4.78, 5) is 16.3. The molecule has 1 heterocycles. The minimum absolute atomic E-state index is 0.194. The fraction of sp³-hybridized carbons (Fsp3) is 0.600. The zero-order valence-electron chi connectivity index (χ0n) is 11.2. The maximum atomic E-state index is 11.8. The second kappa shape index (κ2) is 5.98. The number of furan rings is 1. The van der Waals surface area contributed by atoms with Crippen molar-refractivity contribution < 1.29 is 9.21 Å². The highest BCUT2D eigenvalue weighted by Crippen LogP contribution is 2.30. The van der Waals surface area contributed by atoms with Gasteiger partial charge in [0, 0.05) is 31.0 Å². The first-order valence-electron chi connectivity index (χ1n) is 6.72. The smallest absolute Gasteiger partial charge is 0.139 e. The van der Waals surface area contributed by atoms with E-state index < -0.39 is 0 Å². The highest BCUT2D eigenvalue weighted by molar-refractivity contribution is 6.04.